The van der Waals surface area contributed by atoms with Crippen molar-refractivity contribution in [3.05, 3.63) is 47.5 Å². The van der Waals surface area contributed by atoms with Gasteiger partial charge in [0.05, 0.1) is 21.3 Å². The van der Waals surface area contributed by atoms with Crippen LogP contribution in [0, 0.1) is 0 Å². The van der Waals surface area contributed by atoms with E-state index in [0.717, 1.165) is 12.8 Å². The third kappa shape index (κ3) is 4.31. The largest absolute Gasteiger partial charge is 0.493 e. The number of amides is 2. The number of nitrogens with one attached hydrogen (secondary N) is 2. The highest BCUT2D eigenvalue weighted by Gasteiger charge is 2.24. The second kappa shape index (κ2) is 7.99. The van der Waals surface area contributed by atoms with Gasteiger partial charge in [0.25, 0.3) is 11.8 Å². The Bertz CT molecular complexity index is 836. The molecule has 0 bridgehead atoms. The summed E-state index contributed by atoms with van der Waals surface area (Å²) in [5, 5.41) is 5.70. The summed E-state index contributed by atoms with van der Waals surface area (Å²) >= 11 is 0. The minimum absolute atomic E-state index is 0.167. The molecule has 27 heavy (non-hydrogen) atoms. The van der Waals surface area contributed by atoms with Gasteiger partial charge in [0.1, 0.15) is 0 Å². The topological polar surface area (TPSA) is 85.9 Å². The van der Waals surface area contributed by atoms with Crippen molar-refractivity contribution in [3.63, 3.8) is 0 Å². The van der Waals surface area contributed by atoms with E-state index in [2.05, 4.69) is 10.6 Å². The molecule has 2 aromatic carbocycles. The SMILES string of the molecule is COc1cc(NC(=O)c2cccc(C(=O)NC3CC3)c2)cc(OC)c1OC. The fourth-order valence-electron chi connectivity index (χ4n) is 2.65. The van der Waals surface area contributed by atoms with Gasteiger partial charge in [-0.25, -0.2) is 0 Å². The van der Waals surface area contributed by atoms with Crippen LogP contribution in [0.1, 0.15) is 33.6 Å². The molecular formula is C20H22N2O5. The first kappa shape index (κ1) is 18.6. The highest BCUT2D eigenvalue weighted by Crippen LogP contribution is 2.40. The Kier molecular flexibility index (Phi) is 5.49. The fourth-order valence-corrected chi connectivity index (χ4v) is 2.65. The molecule has 2 aromatic rings. The molecule has 0 aromatic heterocycles. The lowest BCUT2D eigenvalue weighted by Crippen LogP contribution is -2.25. The molecule has 142 valence electrons. The fraction of sp³-hybridized carbons (Fsp3) is 0.300. The van der Waals surface area contributed by atoms with E-state index in [-0.39, 0.29) is 17.9 Å². The molecule has 0 heterocycles. The number of rotatable bonds is 7. The number of ether oxygens (including phenoxy) is 3. The highest BCUT2D eigenvalue weighted by molar-refractivity contribution is 6.06. The normalized spacial score (nSPS) is 12.9. The van der Waals surface area contributed by atoms with E-state index in [4.69, 9.17) is 14.2 Å². The predicted molar refractivity (Wildman–Crippen MR) is 101 cm³/mol. The number of benzene rings is 2. The molecule has 7 heteroatoms. The molecule has 0 aliphatic heterocycles. The number of hydrogen-bond donors (Lipinski definition) is 2. The van der Waals surface area contributed by atoms with Crippen LogP contribution in [-0.4, -0.2) is 39.2 Å². The second-order valence-electron chi connectivity index (χ2n) is 6.20. The van der Waals surface area contributed by atoms with Crippen molar-refractivity contribution >= 4 is 17.5 Å². The summed E-state index contributed by atoms with van der Waals surface area (Å²) in [7, 11) is 4.52. The molecule has 0 radical (unpaired) electrons. The molecule has 1 saturated carbocycles. The Morgan fingerprint density at radius 2 is 1.48 bits per heavy atom. The highest BCUT2D eigenvalue weighted by atomic mass is 16.5. The zero-order chi connectivity index (χ0) is 19.4. The number of anilines is 1. The van der Waals surface area contributed by atoms with Gasteiger partial charge in [0, 0.05) is 35.0 Å². The molecular weight excluding hydrogens is 348 g/mol. The van der Waals surface area contributed by atoms with Crippen molar-refractivity contribution in [2.75, 3.05) is 26.6 Å². The van der Waals surface area contributed by atoms with Gasteiger partial charge >= 0.3 is 0 Å². The molecule has 1 aliphatic carbocycles. The van der Waals surface area contributed by atoms with Crippen LogP contribution in [0.25, 0.3) is 0 Å². The smallest absolute Gasteiger partial charge is 0.255 e. The quantitative estimate of drug-likeness (QED) is 0.783. The minimum Gasteiger partial charge on any atom is -0.493 e. The van der Waals surface area contributed by atoms with Crippen LogP contribution in [0.5, 0.6) is 17.2 Å². The van der Waals surface area contributed by atoms with Crippen LogP contribution >= 0.6 is 0 Å². The summed E-state index contributed by atoms with van der Waals surface area (Å²) in [6.45, 7) is 0. The first-order valence-electron chi connectivity index (χ1n) is 8.58. The minimum atomic E-state index is -0.342. The molecule has 2 amide bonds. The molecule has 1 aliphatic rings. The maximum absolute atomic E-state index is 12.6. The summed E-state index contributed by atoms with van der Waals surface area (Å²) in [6, 6.07) is 10.1. The van der Waals surface area contributed by atoms with Crippen LogP contribution < -0.4 is 24.8 Å². The number of hydrogen-bond acceptors (Lipinski definition) is 5. The number of methoxy groups -OCH3 is 3. The molecule has 1 fully saturated rings. The van der Waals surface area contributed by atoms with Crippen LogP contribution in [0.2, 0.25) is 0 Å². The third-order valence-electron chi connectivity index (χ3n) is 4.22. The average molecular weight is 370 g/mol. The third-order valence-corrected chi connectivity index (χ3v) is 4.22. The Balaban J connectivity index is 1.79. The number of carbonyl (C=O) groups excluding carboxylic acids is 2. The van der Waals surface area contributed by atoms with Crippen molar-refractivity contribution in [3.8, 4) is 17.2 Å². The molecule has 3 rings (SSSR count). The molecule has 0 saturated heterocycles. The van der Waals surface area contributed by atoms with E-state index >= 15 is 0 Å². The van der Waals surface area contributed by atoms with E-state index < -0.39 is 0 Å². The predicted octanol–water partition coefficient (Wildman–Crippen LogP) is 2.86. The lowest BCUT2D eigenvalue weighted by atomic mass is 10.1. The van der Waals surface area contributed by atoms with Gasteiger partial charge in [-0.15, -0.1) is 0 Å². The van der Waals surface area contributed by atoms with Crippen LogP contribution in [0.15, 0.2) is 36.4 Å². The second-order valence-corrected chi connectivity index (χ2v) is 6.20. The Labute approximate surface area is 157 Å². The zero-order valence-electron chi connectivity index (χ0n) is 15.5. The summed E-state index contributed by atoms with van der Waals surface area (Å²) in [5.74, 6) is 0.802. The van der Waals surface area contributed by atoms with Crippen LogP contribution in [-0.2, 0) is 0 Å². The van der Waals surface area contributed by atoms with Gasteiger partial charge in [0.15, 0.2) is 11.5 Å². The van der Waals surface area contributed by atoms with Crippen molar-refractivity contribution in [1.82, 2.24) is 5.32 Å². The van der Waals surface area contributed by atoms with Gasteiger partial charge in [-0.3, -0.25) is 9.59 Å². The average Bonchev–Trinajstić information content (AvgIpc) is 3.51. The molecule has 0 unspecified atom stereocenters. The van der Waals surface area contributed by atoms with Gasteiger partial charge in [0.2, 0.25) is 5.75 Å². The van der Waals surface area contributed by atoms with E-state index in [1.165, 1.54) is 21.3 Å². The lowest BCUT2D eigenvalue weighted by molar-refractivity contribution is 0.0951. The first-order valence-corrected chi connectivity index (χ1v) is 8.58. The molecule has 7 nitrogen and oxygen atoms in total. The summed E-state index contributed by atoms with van der Waals surface area (Å²) in [4.78, 5) is 24.8. The Hall–Kier alpha value is -3.22. The van der Waals surface area contributed by atoms with Gasteiger partial charge in [-0.1, -0.05) is 6.07 Å². The van der Waals surface area contributed by atoms with E-state index in [9.17, 15) is 9.59 Å². The lowest BCUT2D eigenvalue weighted by Gasteiger charge is -2.14. The first-order chi connectivity index (χ1) is 13.0. The Morgan fingerprint density at radius 1 is 0.889 bits per heavy atom. The van der Waals surface area contributed by atoms with E-state index in [0.29, 0.717) is 34.1 Å². The molecule has 0 spiro atoms. The Morgan fingerprint density at radius 3 is 2.00 bits per heavy atom. The van der Waals surface area contributed by atoms with E-state index in [1.54, 1.807) is 36.4 Å². The van der Waals surface area contributed by atoms with E-state index in [1.807, 2.05) is 0 Å². The van der Waals surface area contributed by atoms with Crippen molar-refractivity contribution in [2.45, 2.75) is 18.9 Å². The monoisotopic (exact) mass is 370 g/mol. The van der Waals surface area contributed by atoms with Gasteiger partial charge in [-0.05, 0) is 31.0 Å². The summed E-state index contributed by atoms with van der Waals surface area (Å²) < 4.78 is 15.9. The maximum Gasteiger partial charge on any atom is 0.255 e. The van der Waals surface area contributed by atoms with Gasteiger partial charge < -0.3 is 24.8 Å². The van der Waals surface area contributed by atoms with Crippen molar-refractivity contribution < 1.29 is 23.8 Å². The van der Waals surface area contributed by atoms with Crippen molar-refractivity contribution in [1.29, 1.82) is 0 Å². The summed E-state index contributed by atoms with van der Waals surface area (Å²) in [5.41, 5.74) is 1.33. The summed E-state index contributed by atoms with van der Waals surface area (Å²) in [6.07, 6.45) is 2.01. The molecule has 0 atom stereocenters. The molecule has 2 N–H and O–H groups in total. The zero-order valence-corrected chi connectivity index (χ0v) is 15.5. The van der Waals surface area contributed by atoms with Crippen LogP contribution in [0.3, 0.4) is 0 Å². The van der Waals surface area contributed by atoms with Gasteiger partial charge in [-0.2, -0.15) is 0 Å². The maximum atomic E-state index is 12.6. The number of carbonyl (C=O) groups is 2. The van der Waals surface area contributed by atoms with Crippen molar-refractivity contribution in [2.24, 2.45) is 0 Å². The standard InChI is InChI=1S/C20H22N2O5/c1-25-16-10-15(11-17(26-2)18(16)27-3)22-20(24)13-6-4-5-12(9-13)19(23)21-14-7-8-14/h4-6,9-11,14H,7-8H2,1-3H3,(H,21,23)(H,22,24). The van der Waals surface area contributed by atoms with Crippen LogP contribution in [0.4, 0.5) is 5.69 Å².